The first-order chi connectivity index (χ1) is 14.1. The third-order valence-corrected chi connectivity index (χ3v) is 4.68. The lowest BCUT2D eigenvalue weighted by Crippen LogP contribution is -2.26. The van der Waals surface area contributed by atoms with Gasteiger partial charge >= 0.3 is 0 Å². The Morgan fingerprint density at radius 1 is 1.14 bits per heavy atom. The highest BCUT2D eigenvalue weighted by Crippen LogP contribution is 2.24. The second-order valence-corrected chi connectivity index (χ2v) is 6.47. The highest BCUT2D eigenvalue weighted by atomic mass is 16.5. The second-order valence-electron chi connectivity index (χ2n) is 6.47. The molecular weight excluding hydrogens is 366 g/mol. The Balaban J connectivity index is 1.96. The van der Waals surface area contributed by atoms with Crippen molar-refractivity contribution < 1.29 is 9.84 Å². The Morgan fingerprint density at radius 3 is 2.41 bits per heavy atom. The molecule has 29 heavy (non-hydrogen) atoms. The third kappa shape index (κ3) is 4.26. The molecule has 0 spiro atoms. The molecule has 0 aliphatic carbocycles. The topological polar surface area (TPSA) is 87.6 Å². The van der Waals surface area contributed by atoms with Gasteiger partial charge in [-0.1, -0.05) is 42.5 Å². The molecular formula is C23H21N3O3. The number of hydrogen-bond acceptors (Lipinski definition) is 5. The zero-order valence-corrected chi connectivity index (χ0v) is 16.3. The fraction of sp³-hybridized carbons (Fsp3) is 0.174. The van der Waals surface area contributed by atoms with Crippen LogP contribution in [0.1, 0.15) is 16.7 Å². The fourth-order valence-electron chi connectivity index (χ4n) is 3.03. The maximum absolute atomic E-state index is 12.4. The number of nitriles is 1. The molecule has 0 aliphatic heterocycles. The SMILES string of the molecule is COCCn1c(O)c(C=Nc2ccc(-c3ccccc3)cc2)c(C)c(C#N)c1=O. The van der Waals surface area contributed by atoms with Gasteiger partial charge in [0.1, 0.15) is 11.6 Å². The van der Waals surface area contributed by atoms with Crippen molar-refractivity contribution in [1.82, 2.24) is 4.57 Å². The maximum Gasteiger partial charge on any atom is 0.271 e. The summed E-state index contributed by atoms with van der Waals surface area (Å²) in [5.41, 5.74) is 3.06. The molecule has 0 unspecified atom stereocenters. The molecule has 1 heterocycles. The Kier molecular flexibility index (Phi) is 6.22. The number of pyridine rings is 1. The fourth-order valence-corrected chi connectivity index (χ4v) is 3.03. The van der Waals surface area contributed by atoms with E-state index in [0.29, 0.717) is 16.8 Å². The number of aliphatic imine (C=N–C) groups is 1. The van der Waals surface area contributed by atoms with Crippen molar-refractivity contribution >= 4 is 11.9 Å². The lowest BCUT2D eigenvalue weighted by atomic mass is 10.1. The van der Waals surface area contributed by atoms with Crippen LogP contribution < -0.4 is 5.56 Å². The highest BCUT2D eigenvalue weighted by Gasteiger charge is 2.17. The van der Waals surface area contributed by atoms with Crippen molar-refractivity contribution in [3.05, 3.63) is 81.6 Å². The number of nitrogens with zero attached hydrogens (tertiary/aromatic N) is 3. The van der Waals surface area contributed by atoms with Crippen LogP contribution in [0.4, 0.5) is 5.69 Å². The van der Waals surface area contributed by atoms with E-state index in [0.717, 1.165) is 15.7 Å². The average molecular weight is 387 g/mol. The van der Waals surface area contributed by atoms with E-state index in [-0.39, 0.29) is 24.6 Å². The molecule has 146 valence electrons. The first kappa shape index (κ1) is 20.1. The van der Waals surface area contributed by atoms with Crippen LogP contribution in [0.5, 0.6) is 5.88 Å². The summed E-state index contributed by atoms with van der Waals surface area (Å²) in [5.74, 6) is -0.229. The molecule has 1 N–H and O–H groups in total. The number of methoxy groups -OCH3 is 1. The van der Waals surface area contributed by atoms with Crippen LogP contribution in [0, 0.1) is 18.3 Å². The van der Waals surface area contributed by atoms with Crippen LogP contribution in [0.3, 0.4) is 0 Å². The zero-order valence-electron chi connectivity index (χ0n) is 16.3. The standard InChI is InChI=1S/C23H21N3O3/c1-16-20(14-24)22(27)26(12-13-29-2)23(28)21(16)15-25-19-10-8-18(9-11-19)17-6-4-3-5-7-17/h3-11,15,28H,12-13H2,1-2H3. The molecule has 6 nitrogen and oxygen atoms in total. The summed E-state index contributed by atoms with van der Waals surface area (Å²) in [5, 5.41) is 19.9. The molecule has 0 fully saturated rings. The van der Waals surface area contributed by atoms with Gasteiger partial charge in [-0.15, -0.1) is 0 Å². The largest absolute Gasteiger partial charge is 0.494 e. The molecule has 0 saturated heterocycles. The van der Waals surface area contributed by atoms with Crippen molar-refractivity contribution in [3.8, 4) is 23.1 Å². The Morgan fingerprint density at radius 2 is 1.79 bits per heavy atom. The molecule has 2 aromatic carbocycles. The zero-order chi connectivity index (χ0) is 20.8. The number of benzene rings is 2. The highest BCUT2D eigenvalue weighted by molar-refractivity contribution is 5.87. The van der Waals surface area contributed by atoms with Gasteiger partial charge in [0, 0.05) is 13.3 Å². The minimum atomic E-state index is -0.538. The summed E-state index contributed by atoms with van der Waals surface area (Å²) >= 11 is 0. The van der Waals surface area contributed by atoms with Crippen molar-refractivity contribution in [1.29, 1.82) is 5.26 Å². The molecule has 0 saturated carbocycles. The van der Waals surface area contributed by atoms with Gasteiger partial charge in [-0.2, -0.15) is 5.26 Å². The summed E-state index contributed by atoms with van der Waals surface area (Å²) in [4.78, 5) is 16.8. The van der Waals surface area contributed by atoms with E-state index in [1.54, 1.807) is 6.92 Å². The lowest BCUT2D eigenvalue weighted by molar-refractivity contribution is 0.182. The van der Waals surface area contributed by atoms with Crippen LogP contribution in [0.15, 0.2) is 64.4 Å². The van der Waals surface area contributed by atoms with Gasteiger partial charge in [0.25, 0.3) is 5.56 Å². The first-order valence-electron chi connectivity index (χ1n) is 9.11. The van der Waals surface area contributed by atoms with E-state index < -0.39 is 5.56 Å². The molecule has 0 amide bonds. The predicted octanol–water partition coefficient (Wildman–Crippen LogP) is 3.80. The van der Waals surface area contributed by atoms with E-state index in [1.807, 2.05) is 60.7 Å². The summed E-state index contributed by atoms with van der Waals surface area (Å²) in [6, 6.07) is 19.6. The minimum Gasteiger partial charge on any atom is -0.494 e. The van der Waals surface area contributed by atoms with Crippen LogP contribution in [-0.4, -0.2) is 29.6 Å². The number of ether oxygens (including phenoxy) is 1. The van der Waals surface area contributed by atoms with Gasteiger partial charge in [0.15, 0.2) is 0 Å². The van der Waals surface area contributed by atoms with E-state index in [2.05, 4.69) is 4.99 Å². The molecule has 3 aromatic rings. The number of aromatic nitrogens is 1. The maximum atomic E-state index is 12.4. The van der Waals surface area contributed by atoms with E-state index in [1.165, 1.54) is 13.3 Å². The minimum absolute atomic E-state index is 0.0141. The quantitative estimate of drug-likeness (QED) is 0.652. The van der Waals surface area contributed by atoms with Crippen LogP contribution >= 0.6 is 0 Å². The number of aromatic hydroxyl groups is 1. The molecule has 1 aromatic heterocycles. The van der Waals surface area contributed by atoms with E-state index in [9.17, 15) is 15.2 Å². The monoisotopic (exact) mass is 387 g/mol. The van der Waals surface area contributed by atoms with Crippen molar-refractivity contribution in [3.63, 3.8) is 0 Å². The number of rotatable bonds is 6. The lowest BCUT2D eigenvalue weighted by Gasteiger charge is -2.13. The smallest absolute Gasteiger partial charge is 0.271 e. The normalized spacial score (nSPS) is 10.9. The van der Waals surface area contributed by atoms with E-state index >= 15 is 0 Å². The van der Waals surface area contributed by atoms with Gasteiger partial charge in [-0.05, 0) is 35.7 Å². The van der Waals surface area contributed by atoms with E-state index in [4.69, 9.17) is 4.74 Å². The van der Waals surface area contributed by atoms with Gasteiger partial charge in [-0.25, -0.2) is 0 Å². The Hall–Kier alpha value is -3.69. The summed E-state index contributed by atoms with van der Waals surface area (Å²) in [6.07, 6.45) is 1.48. The van der Waals surface area contributed by atoms with Gasteiger partial charge in [0.05, 0.1) is 24.4 Å². The van der Waals surface area contributed by atoms with Gasteiger partial charge in [0.2, 0.25) is 5.88 Å². The third-order valence-electron chi connectivity index (χ3n) is 4.68. The first-order valence-corrected chi connectivity index (χ1v) is 9.11. The van der Waals surface area contributed by atoms with Crippen molar-refractivity contribution in [2.24, 2.45) is 4.99 Å². The summed E-state index contributed by atoms with van der Waals surface area (Å²) in [6.45, 7) is 2.00. The molecule has 0 radical (unpaired) electrons. The summed E-state index contributed by atoms with van der Waals surface area (Å²) < 4.78 is 6.12. The molecule has 6 heteroatoms. The van der Waals surface area contributed by atoms with Crippen LogP contribution in [0.25, 0.3) is 11.1 Å². The van der Waals surface area contributed by atoms with Gasteiger partial charge in [-0.3, -0.25) is 14.4 Å². The Bertz CT molecular complexity index is 1130. The molecule has 3 rings (SSSR count). The second kappa shape index (κ2) is 9.00. The van der Waals surface area contributed by atoms with Crippen molar-refractivity contribution in [2.45, 2.75) is 13.5 Å². The van der Waals surface area contributed by atoms with Crippen LogP contribution in [-0.2, 0) is 11.3 Å². The van der Waals surface area contributed by atoms with Crippen molar-refractivity contribution in [2.75, 3.05) is 13.7 Å². The molecule has 0 bridgehead atoms. The molecule has 0 atom stereocenters. The average Bonchev–Trinajstić information content (AvgIpc) is 2.75. The Labute approximate surface area is 169 Å². The van der Waals surface area contributed by atoms with Crippen LogP contribution in [0.2, 0.25) is 0 Å². The predicted molar refractivity (Wildman–Crippen MR) is 113 cm³/mol. The summed E-state index contributed by atoms with van der Waals surface area (Å²) in [7, 11) is 1.50. The van der Waals surface area contributed by atoms with Gasteiger partial charge < -0.3 is 9.84 Å². The number of hydrogen-bond donors (Lipinski definition) is 1. The molecule has 0 aliphatic rings.